The second-order valence-corrected chi connectivity index (χ2v) is 8.87. The number of pyridine rings is 1. The van der Waals surface area contributed by atoms with E-state index in [0.29, 0.717) is 22.9 Å². The van der Waals surface area contributed by atoms with Crippen molar-refractivity contribution in [3.63, 3.8) is 0 Å². The number of halogens is 1. The van der Waals surface area contributed by atoms with Crippen LogP contribution in [0, 0.1) is 6.92 Å². The summed E-state index contributed by atoms with van der Waals surface area (Å²) in [6.45, 7) is 1.78. The fraction of sp³-hybridized carbons (Fsp3) is 0.222. The van der Waals surface area contributed by atoms with Gasteiger partial charge < -0.3 is 14.8 Å². The van der Waals surface area contributed by atoms with Crippen LogP contribution >= 0.6 is 39.0 Å². The van der Waals surface area contributed by atoms with E-state index < -0.39 is 0 Å². The minimum absolute atomic E-state index is 0.140. The van der Waals surface area contributed by atoms with Crippen LogP contribution in [0.25, 0.3) is 0 Å². The minimum Gasteiger partial charge on any atom is -0.491 e. The van der Waals surface area contributed by atoms with Crippen molar-refractivity contribution in [3.8, 4) is 11.5 Å². The van der Waals surface area contributed by atoms with E-state index in [1.54, 1.807) is 36.2 Å². The summed E-state index contributed by atoms with van der Waals surface area (Å²) in [6, 6.07) is 9.09. The molecule has 0 saturated heterocycles. The third-order valence-corrected chi connectivity index (χ3v) is 5.98. The Morgan fingerprint density at radius 3 is 2.71 bits per heavy atom. The molecule has 0 bridgehead atoms. The number of carbonyl (C=O) groups excluding carboxylic acids is 1. The molecule has 1 amide bonds. The SMILES string of the molecule is COc1cnc(CSc2nnc(C)s2)cc1OCC(=O)Nc1ccc(Br)cc1. The molecule has 28 heavy (non-hydrogen) atoms. The Morgan fingerprint density at radius 2 is 2.04 bits per heavy atom. The number of rotatable bonds is 8. The topological polar surface area (TPSA) is 86.2 Å². The summed E-state index contributed by atoms with van der Waals surface area (Å²) in [5.74, 6) is 1.28. The van der Waals surface area contributed by atoms with Crippen molar-refractivity contribution >= 4 is 50.6 Å². The van der Waals surface area contributed by atoms with Gasteiger partial charge in [-0.2, -0.15) is 0 Å². The van der Waals surface area contributed by atoms with Crippen LogP contribution in [0.1, 0.15) is 10.7 Å². The molecule has 0 aliphatic rings. The molecule has 0 unspecified atom stereocenters. The number of thioether (sulfide) groups is 1. The molecule has 7 nitrogen and oxygen atoms in total. The Labute approximate surface area is 179 Å². The number of methoxy groups -OCH3 is 1. The summed E-state index contributed by atoms with van der Waals surface area (Å²) in [5, 5.41) is 11.8. The monoisotopic (exact) mass is 480 g/mol. The van der Waals surface area contributed by atoms with Gasteiger partial charge in [0, 0.05) is 22.0 Å². The molecule has 0 fully saturated rings. The van der Waals surface area contributed by atoms with Crippen molar-refractivity contribution in [2.24, 2.45) is 0 Å². The third-order valence-electron chi connectivity index (χ3n) is 3.45. The van der Waals surface area contributed by atoms with E-state index in [2.05, 4.69) is 36.4 Å². The first-order chi connectivity index (χ1) is 13.5. The lowest BCUT2D eigenvalue weighted by molar-refractivity contribution is -0.118. The summed E-state index contributed by atoms with van der Waals surface area (Å²) in [7, 11) is 1.53. The number of benzene rings is 1. The predicted octanol–water partition coefficient (Wildman–Crippen LogP) is 4.32. The van der Waals surface area contributed by atoms with Crippen LogP contribution in [0.4, 0.5) is 5.69 Å². The van der Waals surface area contributed by atoms with E-state index in [4.69, 9.17) is 9.47 Å². The molecule has 0 atom stereocenters. The smallest absolute Gasteiger partial charge is 0.262 e. The van der Waals surface area contributed by atoms with Crippen molar-refractivity contribution in [1.82, 2.24) is 15.2 Å². The molecule has 0 saturated carbocycles. The van der Waals surface area contributed by atoms with Gasteiger partial charge >= 0.3 is 0 Å². The Balaban J connectivity index is 1.59. The molecule has 10 heteroatoms. The second kappa shape index (κ2) is 9.85. The van der Waals surface area contributed by atoms with Crippen molar-refractivity contribution in [3.05, 3.63) is 51.7 Å². The molecule has 0 radical (unpaired) electrons. The zero-order valence-electron chi connectivity index (χ0n) is 15.1. The predicted molar refractivity (Wildman–Crippen MR) is 113 cm³/mol. The Kier molecular flexibility index (Phi) is 7.24. The van der Waals surface area contributed by atoms with Crippen molar-refractivity contribution in [1.29, 1.82) is 0 Å². The first-order valence-electron chi connectivity index (χ1n) is 8.17. The van der Waals surface area contributed by atoms with Crippen LogP contribution in [-0.4, -0.2) is 34.8 Å². The maximum Gasteiger partial charge on any atom is 0.262 e. The van der Waals surface area contributed by atoms with Gasteiger partial charge in [0.1, 0.15) is 5.01 Å². The number of hydrogen-bond acceptors (Lipinski definition) is 8. The highest BCUT2D eigenvalue weighted by Gasteiger charge is 2.11. The van der Waals surface area contributed by atoms with Crippen LogP contribution < -0.4 is 14.8 Å². The lowest BCUT2D eigenvalue weighted by atomic mass is 10.3. The van der Waals surface area contributed by atoms with E-state index in [0.717, 1.165) is 19.5 Å². The van der Waals surface area contributed by atoms with Crippen molar-refractivity contribution in [2.45, 2.75) is 17.0 Å². The van der Waals surface area contributed by atoms with E-state index in [9.17, 15) is 4.79 Å². The number of aryl methyl sites for hydroxylation is 1. The highest BCUT2D eigenvalue weighted by molar-refractivity contribution is 9.10. The number of hydrogen-bond donors (Lipinski definition) is 1. The van der Waals surface area contributed by atoms with Gasteiger partial charge in [0.25, 0.3) is 5.91 Å². The maximum atomic E-state index is 12.1. The number of aromatic nitrogens is 3. The average molecular weight is 481 g/mol. The van der Waals surface area contributed by atoms with Crippen LogP contribution in [0.3, 0.4) is 0 Å². The van der Waals surface area contributed by atoms with E-state index >= 15 is 0 Å². The van der Waals surface area contributed by atoms with Gasteiger partial charge in [-0.3, -0.25) is 9.78 Å². The van der Waals surface area contributed by atoms with Gasteiger partial charge in [0.15, 0.2) is 22.4 Å². The summed E-state index contributed by atoms with van der Waals surface area (Å²) >= 11 is 6.44. The number of amides is 1. The number of nitrogens with zero attached hydrogens (tertiary/aromatic N) is 3. The fourth-order valence-electron chi connectivity index (χ4n) is 2.16. The third kappa shape index (κ3) is 5.91. The van der Waals surface area contributed by atoms with Crippen LogP contribution in [0.15, 0.2) is 45.3 Å². The van der Waals surface area contributed by atoms with Crippen LogP contribution in [0.2, 0.25) is 0 Å². The van der Waals surface area contributed by atoms with Gasteiger partial charge in [-0.25, -0.2) is 0 Å². The largest absolute Gasteiger partial charge is 0.491 e. The maximum absolute atomic E-state index is 12.1. The lowest BCUT2D eigenvalue weighted by Gasteiger charge is -2.12. The molecule has 1 N–H and O–H groups in total. The normalized spacial score (nSPS) is 10.5. The van der Waals surface area contributed by atoms with E-state index in [-0.39, 0.29) is 12.5 Å². The lowest BCUT2D eigenvalue weighted by Crippen LogP contribution is -2.20. The quantitative estimate of drug-likeness (QED) is 0.480. The molecule has 3 aromatic rings. The number of nitrogens with one attached hydrogen (secondary N) is 1. The van der Waals surface area contributed by atoms with Gasteiger partial charge in [-0.05, 0) is 31.2 Å². The molecule has 146 valence electrons. The summed E-state index contributed by atoms with van der Waals surface area (Å²) in [4.78, 5) is 16.5. The second-order valence-electron chi connectivity index (χ2n) is 5.55. The first kappa shape index (κ1) is 20.6. The number of carbonyl (C=O) groups is 1. The minimum atomic E-state index is -0.263. The average Bonchev–Trinajstić information content (AvgIpc) is 3.12. The Hall–Kier alpha value is -2.17. The molecule has 0 aliphatic carbocycles. The van der Waals surface area contributed by atoms with Crippen LogP contribution in [-0.2, 0) is 10.5 Å². The zero-order valence-corrected chi connectivity index (χ0v) is 18.4. The standard InChI is InChI=1S/C18H17BrN4O3S2/c1-11-22-23-18(28-11)27-10-14-7-15(16(25-2)8-20-14)26-9-17(24)21-13-5-3-12(19)4-6-13/h3-8H,9-10H2,1-2H3,(H,21,24). The molecule has 0 spiro atoms. The number of anilines is 1. The van der Waals surface area contributed by atoms with Gasteiger partial charge in [0.05, 0.1) is 19.0 Å². The summed E-state index contributed by atoms with van der Waals surface area (Å²) in [5.41, 5.74) is 1.49. The summed E-state index contributed by atoms with van der Waals surface area (Å²) in [6.07, 6.45) is 1.59. The molecule has 2 aromatic heterocycles. The van der Waals surface area contributed by atoms with Crippen molar-refractivity contribution < 1.29 is 14.3 Å². The fourth-order valence-corrected chi connectivity index (χ4v) is 4.14. The first-order valence-corrected chi connectivity index (χ1v) is 10.8. The molecular formula is C18H17BrN4O3S2. The molecule has 2 heterocycles. The zero-order chi connectivity index (χ0) is 19.9. The van der Waals surface area contributed by atoms with Gasteiger partial charge in [-0.1, -0.05) is 39.0 Å². The van der Waals surface area contributed by atoms with E-state index in [1.165, 1.54) is 18.4 Å². The molecule has 0 aliphatic heterocycles. The van der Waals surface area contributed by atoms with Crippen LogP contribution in [0.5, 0.6) is 11.5 Å². The van der Waals surface area contributed by atoms with Crippen molar-refractivity contribution in [2.75, 3.05) is 19.0 Å². The Morgan fingerprint density at radius 1 is 1.25 bits per heavy atom. The highest BCUT2D eigenvalue weighted by Crippen LogP contribution is 2.30. The van der Waals surface area contributed by atoms with Gasteiger partial charge in [-0.15, -0.1) is 10.2 Å². The van der Waals surface area contributed by atoms with E-state index in [1.807, 2.05) is 19.1 Å². The highest BCUT2D eigenvalue weighted by atomic mass is 79.9. The molecule has 1 aromatic carbocycles. The van der Waals surface area contributed by atoms with Gasteiger partial charge in [0.2, 0.25) is 0 Å². The number of ether oxygens (including phenoxy) is 2. The molecule has 3 rings (SSSR count). The molecular weight excluding hydrogens is 464 g/mol. The Bertz CT molecular complexity index is 950. The summed E-state index contributed by atoms with van der Waals surface area (Å²) < 4.78 is 12.8.